The minimum atomic E-state index is -0.242. The van der Waals surface area contributed by atoms with E-state index in [1.54, 1.807) is 0 Å². The first-order chi connectivity index (χ1) is 9.15. The molecule has 0 saturated carbocycles. The van der Waals surface area contributed by atoms with Gasteiger partial charge in [0.25, 0.3) is 0 Å². The van der Waals surface area contributed by atoms with Crippen molar-refractivity contribution in [2.75, 3.05) is 18.0 Å². The largest absolute Gasteiger partial charge is 0.358 e. The van der Waals surface area contributed by atoms with E-state index < -0.39 is 0 Å². The van der Waals surface area contributed by atoms with E-state index in [4.69, 9.17) is 4.52 Å². The maximum Gasteiger partial charge on any atom is 0.172 e. The fraction of sp³-hybridized carbons (Fsp3) is 0.643. The zero-order valence-corrected chi connectivity index (χ0v) is 11.4. The molecule has 1 atom stereocenters. The van der Waals surface area contributed by atoms with Crippen molar-refractivity contribution in [3.63, 3.8) is 0 Å². The molecule has 19 heavy (non-hydrogen) atoms. The first kappa shape index (κ1) is 13.8. The van der Waals surface area contributed by atoms with Crippen LogP contribution in [0.5, 0.6) is 0 Å². The molecule has 5 heteroatoms. The average molecular weight is 264 g/mol. The van der Waals surface area contributed by atoms with Crippen LogP contribution in [0, 0.1) is 11.8 Å². The number of carbonyl (C=O) groups excluding carboxylic acids is 2. The smallest absolute Gasteiger partial charge is 0.172 e. The number of aldehydes is 2. The molecule has 1 aliphatic rings. The molecule has 0 aliphatic carbocycles. The Morgan fingerprint density at radius 1 is 1.37 bits per heavy atom. The highest BCUT2D eigenvalue weighted by molar-refractivity contribution is 5.62. The average Bonchev–Trinajstić information content (AvgIpc) is 2.89. The highest BCUT2D eigenvalue weighted by atomic mass is 16.5. The van der Waals surface area contributed by atoms with Crippen LogP contribution >= 0.6 is 0 Å². The summed E-state index contributed by atoms with van der Waals surface area (Å²) in [5.41, 5.74) is 0. The first-order valence-electron chi connectivity index (χ1n) is 6.77. The lowest BCUT2D eigenvalue weighted by Crippen LogP contribution is -2.34. The van der Waals surface area contributed by atoms with Crippen LogP contribution < -0.4 is 4.90 Å². The van der Waals surface area contributed by atoms with E-state index in [9.17, 15) is 9.59 Å². The van der Waals surface area contributed by atoms with Gasteiger partial charge in [0.2, 0.25) is 0 Å². The Balaban J connectivity index is 2.05. The molecule has 0 aromatic carbocycles. The zero-order chi connectivity index (χ0) is 13.8. The summed E-state index contributed by atoms with van der Waals surface area (Å²) >= 11 is 0. The van der Waals surface area contributed by atoms with Gasteiger partial charge in [0.15, 0.2) is 5.82 Å². The second kappa shape index (κ2) is 5.99. The predicted octanol–water partition coefficient (Wildman–Crippen LogP) is 2.03. The van der Waals surface area contributed by atoms with Crippen molar-refractivity contribution in [2.24, 2.45) is 11.8 Å². The third-order valence-corrected chi connectivity index (χ3v) is 3.77. The van der Waals surface area contributed by atoms with Crippen LogP contribution in [-0.2, 0) is 9.59 Å². The summed E-state index contributed by atoms with van der Waals surface area (Å²) in [4.78, 5) is 23.9. The second-order valence-electron chi connectivity index (χ2n) is 5.45. The molecule has 0 bridgehead atoms. The van der Waals surface area contributed by atoms with Gasteiger partial charge in [0.1, 0.15) is 18.3 Å². The molecule has 2 rings (SSSR count). The number of carbonyl (C=O) groups is 2. The van der Waals surface area contributed by atoms with Crippen LogP contribution in [0.3, 0.4) is 0 Å². The molecule has 0 amide bonds. The molecule has 1 aliphatic heterocycles. The molecule has 0 N–H and O–H groups in total. The van der Waals surface area contributed by atoms with Gasteiger partial charge < -0.3 is 19.0 Å². The molecule has 1 aromatic rings. The minimum Gasteiger partial charge on any atom is -0.358 e. The standard InChI is InChI=1S/C14H20N2O3/c1-10(2)12(9-18)13-7-14(15-19-13)16-5-3-11(8-17)4-6-16/h7-12H,3-6H2,1-2H3. The van der Waals surface area contributed by atoms with Crippen LogP contribution in [-0.4, -0.2) is 30.8 Å². The van der Waals surface area contributed by atoms with Gasteiger partial charge in [-0.1, -0.05) is 19.0 Å². The summed E-state index contributed by atoms with van der Waals surface area (Å²) in [5.74, 6) is 1.51. The highest BCUT2D eigenvalue weighted by Gasteiger charge is 2.24. The van der Waals surface area contributed by atoms with Crippen molar-refractivity contribution < 1.29 is 14.1 Å². The monoisotopic (exact) mass is 264 g/mol. The quantitative estimate of drug-likeness (QED) is 0.761. The predicted molar refractivity (Wildman–Crippen MR) is 71.1 cm³/mol. The molecule has 1 unspecified atom stereocenters. The molecule has 0 spiro atoms. The third-order valence-electron chi connectivity index (χ3n) is 3.77. The number of piperidine rings is 1. The Labute approximate surface area is 112 Å². The molecule has 2 heterocycles. The van der Waals surface area contributed by atoms with Crippen molar-refractivity contribution in [1.82, 2.24) is 5.16 Å². The number of hydrogen-bond donors (Lipinski definition) is 0. The summed E-state index contributed by atoms with van der Waals surface area (Å²) in [6.45, 7) is 5.58. The molecular formula is C14H20N2O3. The molecule has 1 aromatic heterocycles. The minimum absolute atomic E-state index is 0.168. The Kier molecular flexibility index (Phi) is 4.35. The molecule has 5 nitrogen and oxygen atoms in total. The van der Waals surface area contributed by atoms with Gasteiger partial charge in [-0.25, -0.2) is 0 Å². The lowest BCUT2D eigenvalue weighted by Gasteiger charge is -2.29. The van der Waals surface area contributed by atoms with Gasteiger partial charge in [-0.15, -0.1) is 0 Å². The van der Waals surface area contributed by atoms with Crippen molar-refractivity contribution in [3.8, 4) is 0 Å². The Morgan fingerprint density at radius 2 is 2.05 bits per heavy atom. The summed E-state index contributed by atoms with van der Waals surface area (Å²) in [6.07, 6.45) is 3.65. The number of aromatic nitrogens is 1. The van der Waals surface area contributed by atoms with E-state index in [1.165, 1.54) is 0 Å². The van der Waals surface area contributed by atoms with Crippen LogP contribution in [0.15, 0.2) is 10.6 Å². The Hall–Kier alpha value is -1.65. The van der Waals surface area contributed by atoms with Gasteiger partial charge in [0, 0.05) is 25.1 Å². The summed E-state index contributed by atoms with van der Waals surface area (Å²) < 4.78 is 5.29. The number of rotatable bonds is 5. The SMILES string of the molecule is CC(C)C(C=O)c1cc(N2CCC(C=O)CC2)no1. The van der Waals surface area contributed by atoms with E-state index in [1.807, 2.05) is 19.9 Å². The van der Waals surface area contributed by atoms with E-state index >= 15 is 0 Å². The molecule has 1 saturated heterocycles. The van der Waals surface area contributed by atoms with Gasteiger partial charge >= 0.3 is 0 Å². The first-order valence-corrected chi connectivity index (χ1v) is 6.77. The van der Waals surface area contributed by atoms with Gasteiger partial charge in [0.05, 0.1) is 5.92 Å². The van der Waals surface area contributed by atoms with Crippen molar-refractivity contribution in [3.05, 3.63) is 11.8 Å². The van der Waals surface area contributed by atoms with E-state index in [0.29, 0.717) is 5.76 Å². The van der Waals surface area contributed by atoms with Crippen LogP contribution in [0.2, 0.25) is 0 Å². The third kappa shape index (κ3) is 3.03. The fourth-order valence-corrected chi connectivity index (χ4v) is 2.40. The Bertz CT molecular complexity index is 434. The Morgan fingerprint density at radius 3 is 2.58 bits per heavy atom. The topological polar surface area (TPSA) is 63.4 Å². The van der Waals surface area contributed by atoms with Crippen LogP contribution in [0.25, 0.3) is 0 Å². The number of anilines is 1. The number of nitrogens with zero attached hydrogens (tertiary/aromatic N) is 2. The molecular weight excluding hydrogens is 244 g/mol. The zero-order valence-electron chi connectivity index (χ0n) is 11.4. The normalized spacial score (nSPS) is 18.6. The lowest BCUT2D eigenvalue weighted by atomic mass is 9.95. The fourth-order valence-electron chi connectivity index (χ4n) is 2.40. The van der Waals surface area contributed by atoms with Crippen molar-refractivity contribution in [1.29, 1.82) is 0 Å². The summed E-state index contributed by atoms with van der Waals surface area (Å²) in [5, 5.41) is 4.05. The number of hydrogen-bond acceptors (Lipinski definition) is 5. The van der Waals surface area contributed by atoms with Gasteiger partial charge in [-0.05, 0) is 18.8 Å². The highest BCUT2D eigenvalue weighted by Crippen LogP contribution is 2.27. The summed E-state index contributed by atoms with van der Waals surface area (Å²) in [6, 6.07) is 1.85. The van der Waals surface area contributed by atoms with Crippen molar-refractivity contribution >= 4 is 18.4 Å². The second-order valence-corrected chi connectivity index (χ2v) is 5.45. The molecule has 0 radical (unpaired) electrons. The molecule has 1 fully saturated rings. The maximum absolute atomic E-state index is 11.1. The van der Waals surface area contributed by atoms with Crippen LogP contribution in [0.1, 0.15) is 38.4 Å². The summed E-state index contributed by atoms with van der Waals surface area (Å²) in [7, 11) is 0. The van der Waals surface area contributed by atoms with Gasteiger partial charge in [-0.2, -0.15) is 0 Å². The van der Waals surface area contributed by atoms with E-state index in [2.05, 4.69) is 10.1 Å². The van der Waals surface area contributed by atoms with Crippen molar-refractivity contribution in [2.45, 2.75) is 32.6 Å². The lowest BCUT2D eigenvalue weighted by molar-refractivity contribution is -0.111. The van der Waals surface area contributed by atoms with E-state index in [0.717, 1.165) is 44.3 Å². The molecule has 104 valence electrons. The van der Waals surface area contributed by atoms with Gasteiger partial charge in [-0.3, -0.25) is 0 Å². The maximum atomic E-state index is 11.1. The van der Waals surface area contributed by atoms with E-state index in [-0.39, 0.29) is 17.8 Å². The van der Waals surface area contributed by atoms with Crippen LogP contribution in [0.4, 0.5) is 5.82 Å².